The van der Waals surface area contributed by atoms with Crippen molar-refractivity contribution in [2.75, 3.05) is 29.5 Å². The van der Waals surface area contributed by atoms with E-state index in [0.717, 1.165) is 31.4 Å². The molecule has 0 radical (unpaired) electrons. The first-order chi connectivity index (χ1) is 9.59. The highest BCUT2D eigenvalue weighted by Gasteiger charge is 2.25. The second-order valence-corrected chi connectivity index (χ2v) is 7.73. The molecule has 2 aliphatic rings. The van der Waals surface area contributed by atoms with Crippen LogP contribution >= 0.6 is 0 Å². The number of anilines is 1. The van der Waals surface area contributed by atoms with Gasteiger partial charge in [0, 0.05) is 18.8 Å². The normalized spacial score (nSPS) is 21.1. The highest BCUT2D eigenvalue weighted by molar-refractivity contribution is 7.91. The lowest BCUT2D eigenvalue weighted by Gasteiger charge is -2.29. The molecule has 20 heavy (non-hydrogen) atoms. The second kappa shape index (κ2) is 5.06. The molecule has 0 bridgehead atoms. The van der Waals surface area contributed by atoms with Gasteiger partial charge in [-0.3, -0.25) is 0 Å². The number of pyridine rings is 1. The third-order valence-corrected chi connectivity index (χ3v) is 5.65. The van der Waals surface area contributed by atoms with E-state index in [9.17, 15) is 13.7 Å². The predicted molar refractivity (Wildman–Crippen MR) is 76.5 cm³/mol. The Morgan fingerprint density at radius 3 is 2.60 bits per heavy atom. The van der Waals surface area contributed by atoms with Crippen LogP contribution < -0.4 is 4.90 Å². The Morgan fingerprint density at radius 2 is 1.90 bits per heavy atom. The maximum atomic E-state index is 11.5. The molecular formula is C14H17N3O2S. The van der Waals surface area contributed by atoms with Crippen molar-refractivity contribution in [2.45, 2.75) is 25.7 Å². The summed E-state index contributed by atoms with van der Waals surface area (Å²) in [5, 5.41) is 9.32. The summed E-state index contributed by atoms with van der Waals surface area (Å²) < 4.78 is 23.0. The van der Waals surface area contributed by atoms with Crippen LogP contribution in [0.2, 0.25) is 0 Å². The predicted octanol–water partition coefficient (Wildman–Crippen LogP) is 1.07. The van der Waals surface area contributed by atoms with Crippen LogP contribution in [0, 0.1) is 11.3 Å². The van der Waals surface area contributed by atoms with E-state index in [0.29, 0.717) is 24.5 Å². The minimum Gasteiger partial charge on any atom is -0.353 e. The summed E-state index contributed by atoms with van der Waals surface area (Å²) in [7, 11) is -2.91. The smallest absolute Gasteiger partial charge is 0.153 e. The first-order valence-electron chi connectivity index (χ1n) is 6.97. The Bertz CT molecular complexity index is 662. The van der Waals surface area contributed by atoms with E-state index in [2.05, 4.69) is 11.1 Å². The Hall–Kier alpha value is -1.61. The van der Waals surface area contributed by atoms with Crippen molar-refractivity contribution in [3.8, 4) is 6.07 Å². The number of aromatic nitrogens is 1. The van der Waals surface area contributed by atoms with E-state index < -0.39 is 9.84 Å². The molecule has 0 aromatic carbocycles. The molecule has 5 nitrogen and oxygen atoms in total. The van der Waals surface area contributed by atoms with Gasteiger partial charge in [-0.1, -0.05) is 0 Å². The van der Waals surface area contributed by atoms with Crippen LogP contribution in [-0.2, 0) is 22.7 Å². The number of hydrogen-bond acceptors (Lipinski definition) is 5. The Kier molecular flexibility index (Phi) is 3.38. The maximum Gasteiger partial charge on any atom is 0.153 e. The summed E-state index contributed by atoms with van der Waals surface area (Å²) in [4.78, 5) is 6.60. The fourth-order valence-corrected chi connectivity index (χ4v) is 4.07. The molecule has 0 saturated carbocycles. The van der Waals surface area contributed by atoms with Crippen molar-refractivity contribution in [3.63, 3.8) is 0 Å². The van der Waals surface area contributed by atoms with Crippen molar-refractivity contribution in [2.24, 2.45) is 0 Å². The van der Waals surface area contributed by atoms with Crippen LogP contribution in [0.1, 0.15) is 29.7 Å². The molecule has 3 rings (SSSR count). The van der Waals surface area contributed by atoms with Crippen LogP contribution in [0.5, 0.6) is 0 Å². The van der Waals surface area contributed by atoms with E-state index >= 15 is 0 Å². The molecule has 106 valence electrons. The summed E-state index contributed by atoms with van der Waals surface area (Å²) in [6.07, 6.45) is 4.24. The molecule has 1 aromatic heterocycles. The Morgan fingerprint density at radius 1 is 1.20 bits per heavy atom. The number of hydrogen-bond donors (Lipinski definition) is 0. The second-order valence-electron chi connectivity index (χ2n) is 5.42. The maximum absolute atomic E-state index is 11.5. The SMILES string of the molecule is N#Cc1cc2c(nc1N1CCS(=O)(=O)CC1)CCCC2. The number of nitrogens with zero attached hydrogens (tertiary/aromatic N) is 3. The summed E-state index contributed by atoms with van der Waals surface area (Å²) in [6, 6.07) is 4.15. The molecule has 6 heteroatoms. The van der Waals surface area contributed by atoms with Gasteiger partial charge in [-0.25, -0.2) is 13.4 Å². The van der Waals surface area contributed by atoms with Gasteiger partial charge in [0.15, 0.2) is 9.84 Å². The van der Waals surface area contributed by atoms with Crippen LogP contribution in [-0.4, -0.2) is 38.0 Å². The molecule has 0 spiro atoms. The molecule has 2 heterocycles. The monoisotopic (exact) mass is 291 g/mol. The molecule has 0 N–H and O–H groups in total. The van der Waals surface area contributed by atoms with Crippen LogP contribution in [0.4, 0.5) is 5.82 Å². The zero-order chi connectivity index (χ0) is 14.2. The van der Waals surface area contributed by atoms with Gasteiger partial charge in [-0.2, -0.15) is 5.26 Å². The van der Waals surface area contributed by atoms with Crippen molar-refractivity contribution in [1.82, 2.24) is 4.98 Å². The van der Waals surface area contributed by atoms with Gasteiger partial charge < -0.3 is 4.90 Å². The fourth-order valence-electron chi connectivity index (χ4n) is 2.87. The zero-order valence-electron chi connectivity index (χ0n) is 11.3. The summed E-state index contributed by atoms with van der Waals surface area (Å²) in [6.45, 7) is 0.867. The molecule has 1 fully saturated rings. The average molecular weight is 291 g/mol. The highest BCUT2D eigenvalue weighted by atomic mass is 32.2. The lowest BCUT2D eigenvalue weighted by atomic mass is 9.95. The van der Waals surface area contributed by atoms with E-state index in [1.165, 1.54) is 5.56 Å². The minimum atomic E-state index is -2.91. The highest BCUT2D eigenvalue weighted by Crippen LogP contribution is 2.27. The van der Waals surface area contributed by atoms with E-state index in [1.807, 2.05) is 11.0 Å². The molecule has 1 aromatic rings. The van der Waals surface area contributed by atoms with Crippen LogP contribution in [0.15, 0.2) is 6.07 Å². The Balaban J connectivity index is 1.95. The van der Waals surface area contributed by atoms with Gasteiger partial charge >= 0.3 is 0 Å². The van der Waals surface area contributed by atoms with Crippen molar-refractivity contribution in [3.05, 3.63) is 22.9 Å². The standard InChI is InChI=1S/C14H17N3O2S/c15-10-12-9-11-3-1-2-4-13(11)16-14(12)17-5-7-20(18,19)8-6-17/h9H,1-8H2. The third-order valence-electron chi connectivity index (χ3n) is 4.05. The van der Waals surface area contributed by atoms with Crippen molar-refractivity contribution >= 4 is 15.7 Å². The van der Waals surface area contributed by atoms with Gasteiger partial charge in [-0.15, -0.1) is 0 Å². The molecule has 1 aliphatic heterocycles. The average Bonchev–Trinajstić information content (AvgIpc) is 2.46. The van der Waals surface area contributed by atoms with Gasteiger partial charge in [0.1, 0.15) is 11.9 Å². The van der Waals surface area contributed by atoms with Crippen molar-refractivity contribution in [1.29, 1.82) is 5.26 Å². The van der Waals surface area contributed by atoms with Gasteiger partial charge in [0.25, 0.3) is 0 Å². The van der Waals surface area contributed by atoms with Gasteiger partial charge in [0.05, 0.1) is 17.1 Å². The summed E-state index contributed by atoms with van der Waals surface area (Å²) in [5.41, 5.74) is 2.84. The lowest BCUT2D eigenvalue weighted by Crippen LogP contribution is -2.41. The number of aryl methyl sites for hydroxylation is 2. The molecule has 1 aliphatic carbocycles. The van der Waals surface area contributed by atoms with Crippen LogP contribution in [0.3, 0.4) is 0 Å². The summed E-state index contributed by atoms with van der Waals surface area (Å²) in [5.74, 6) is 0.968. The number of sulfone groups is 1. The quantitative estimate of drug-likeness (QED) is 0.773. The minimum absolute atomic E-state index is 0.149. The first kappa shape index (κ1) is 13.4. The fraction of sp³-hybridized carbons (Fsp3) is 0.571. The first-order valence-corrected chi connectivity index (χ1v) is 8.79. The van der Waals surface area contributed by atoms with E-state index in [-0.39, 0.29) is 11.5 Å². The molecule has 0 unspecified atom stereocenters. The van der Waals surface area contributed by atoms with E-state index in [4.69, 9.17) is 0 Å². The largest absolute Gasteiger partial charge is 0.353 e. The van der Waals surface area contributed by atoms with Gasteiger partial charge in [0.2, 0.25) is 0 Å². The third kappa shape index (κ3) is 2.50. The van der Waals surface area contributed by atoms with E-state index in [1.54, 1.807) is 0 Å². The van der Waals surface area contributed by atoms with Crippen molar-refractivity contribution < 1.29 is 8.42 Å². The van der Waals surface area contributed by atoms with Crippen LogP contribution in [0.25, 0.3) is 0 Å². The molecule has 0 atom stereocenters. The number of fused-ring (bicyclic) bond motifs is 1. The topological polar surface area (TPSA) is 74.1 Å². The molecular weight excluding hydrogens is 274 g/mol. The summed E-state index contributed by atoms with van der Waals surface area (Å²) >= 11 is 0. The van der Waals surface area contributed by atoms with Gasteiger partial charge in [-0.05, 0) is 37.3 Å². The molecule has 1 saturated heterocycles. The lowest BCUT2D eigenvalue weighted by molar-refractivity contribution is 0.586. The number of nitriles is 1. The zero-order valence-corrected chi connectivity index (χ0v) is 12.1. The number of rotatable bonds is 1. The Labute approximate surface area is 119 Å². The molecule has 0 amide bonds.